The van der Waals surface area contributed by atoms with Crippen molar-refractivity contribution >= 4 is 5.78 Å². The lowest BCUT2D eigenvalue weighted by atomic mass is 9.57. The maximum Gasteiger partial charge on any atom is 0.236 e. The molecule has 4 rings (SSSR count). The van der Waals surface area contributed by atoms with Crippen LogP contribution in [0.2, 0.25) is 0 Å². The summed E-state index contributed by atoms with van der Waals surface area (Å²) in [5, 5.41) is 0. The van der Waals surface area contributed by atoms with E-state index in [0.29, 0.717) is 17.8 Å². The number of allylic oxidation sites excluding steroid dienone is 3. The second kappa shape index (κ2) is 3.79. The quantitative estimate of drug-likeness (QED) is 0.541. The summed E-state index contributed by atoms with van der Waals surface area (Å²) in [7, 11) is 3.15. The third kappa shape index (κ3) is 1.33. The van der Waals surface area contributed by atoms with Gasteiger partial charge in [0, 0.05) is 20.1 Å². The third-order valence-corrected chi connectivity index (χ3v) is 4.67. The van der Waals surface area contributed by atoms with Crippen LogP contribution in [0, 0.1) is 23.7 Å². The predicted octanol–water partition coefficient (Wildman–Crippen LogP) is 1.94. The highest BCUT2D eigenvalue weighted by atomic mass is 16.7. The zero-order valence-electron chi connectivity index (χ0n) is 10.3. The van der Waals surface area contributed by atoms with Crippen LogP contribution in [0.4, 0.5) is 0 Å². The van der Waals surface area contributed by atoms with Crippen LogP contribution in [-0.4, -0.2) is 25.8 Å². The van der Waals surface area contributed by atoms with Gasteiger partial charge in [-0.3, -0.25) is 4.79 Å². The van der Waals surface area contributed by atoms with Crippen molar-refractivity contribution in [1.82, 2.24) is 0 Å². The van der Waals surface area contributed by atoms with E-state index in [-0.39, 0.29) is 11.7 Å². The number of fused-ring (bicyclic) bond motifs is 1. The SMILES string of the molecule is COC1(OC)C(=O)C=C[C@H]2[C@@H]1[C@H]1C=C[C@@H]2CC1. The molecule has 0 aromatic heterocycles. The van der Waals surface area contributed by atoms with Gasteiger partial charge in [-0.05, 0) is 36.7 Å². The van der Waals surface area contributed by atoms with Crippen LogP contribution < -0.4 is 0 Å². The summed E-state index contributed by atoms with van der Waals surface area (Å²) in [6, 6.07) is 0. The van der Waals surface area contributed by atoms with Gasteiger partial charge >= 0.3 is 0 Å². The van der Waals surface area contributed by atoms with Gasteiger partial charge < -0.3 is 9.47 Å². The van der Waals surface area contributed by atoms with E-state index in [9.17, 15) is 4.79 Å². The molecule has 92 valence electrons. The smallest absolute Gasteiger partial charge is 0.236 e. The standard InChI is InChI=1S/C14H18O3/c1-16-14(17-2)12(15)8-7-11-9-3-5-10(6-4-9)13(11)14/h3,5,7-11,13H,4,6H2,1-2H3/t9-,10+,11-,13+/m1/s1. The van der Waals surface area contributed by atoms with Crippen molar-refractivity contribution in [2.24, 2.45) is 23.7 Å². The summed E-state index contributed by atoms with van der Waals surface area (Å²) in [5.41, 5.74) is 0. The number of ketones is 1. The first-order valence-electron chi connectivity index (χ1n) is 6.24. The molecule has 1 saturated carbocycles. The molecule has 4 atom stereocenters. The van der Waals surface area contributed by atoms with Crippen molar-refractivity contribution in [3.63, 3.8) is 0 Å². The number of carbonyl (C=O) groups excluding carboxylic acids is 1. The lowest BCUT2D eigenvalue weighted by molar-refractivity contribution is -0.247. The highest BCUT2D eigenvalue weighted by Crippen LogP contribution is 2.52. The zero-order valence-corrected chi connectivity index (χ0v) is 10.3. The maximum atomic E-state index is 12.1. The molecule has 0 spiro atoms. The second-order valence-electron chi connectivity index (χ2n) is 5.19. The summed E-state index contributed by atoms with van der Waals surface area (Å²) in [6.45, 7) is 0. The fourth-order valence-corrected chi connectivity index (χ4v) is 3.87. The Morgan fingerprint density at radius 1 is 1.12 bits per heavy atom. The molecule has 0 aromatic carbocycles. The molecule has 4 aliphatic rings. The molecule has 3 heteroatoms. The molecule has 0 aromatic rings. The summed E-state index contributed by atoms with van der Waals surface area (Å²) >= 11 is 0. The fraction of sp³-hybridized carbons (Fsp3) is 0.643. The molecule has 4 aliphatic carbocycles. The molecule has 2 bridgehead atoms. The normalized spacial score (nSPS) is 41.6. The van der Waals surface area contributed by atoms with Crippen LogP contribution >= 0.6 is 0 Å². The molecule has 0 aliphatic heterocycles. The van der Waals surface area contributed by atoms with Gasteiger partial charge in [-0.15, -0.1) is 0 Å². The van der Waals surface area contributed by atoms with E-state index in [1.807, 2.05) is 0 Å². The first-order valence-corrected chi connectivity index (χ1v) is 6.24. The largest absolute Gasteiger partial charge is 0.346 e. The monoisotopic (exact) mass is 234 g/mol. The predicted molar refractivity (Wildman–Crippen MR) is 63.2 cm³/mol. The molecule has 0 N–H and O–H groups in total. The van der Waals surface area contributed by atoms with Gasteiger partial charge in [0.05, 0.1) is 0 Å². The molecule has 17 heavy (non-hydrogen) atoms. The Kier molecular flexibility index (Phi) is 2.49. The third-order valence-electron chi connectivity index (χ3n) is 4.67. The fourth-order valence-electron chi connectivity index (χ4n) is 3.87. The van der Waals surface area contributed by atoms with Crippen LogP contribution in [0.25, 0.3) is 0 Å². The van der Waals surface area contributed by atoms with E-state index >= 15 is 0 Å². The second-order valence-corrected chi connectivity index (χ2v) is 5.19. The Bertz CT molecular complexity index is 392. The molecule has 0 heterocycles. The van der Waals surface area contributed by atoms with Crippen LogP contribution in [0.15, 0.2) is 24.3 Å². The Morgan fingerprint density at radius 3 is 2.35 bits per heavy atom. The number of methoxy groups -OCH3 is 2. The molecule has 3 nitrogen and oxygen atoms in total. The Labute approximate surface area is 101 Å². The van der Waals surface area contributed by atoms with E-state index in [0.717, 1.165) is 6.42 Å². The first-order chi connectivity index (χ1) is 8.23. The molecular weight excluding hydrogens is 216 g/mol. The lowest BCUT2D eigenvalue weighted by Crippen LogP contribution is -2.58. The molecule has 0 radical (unpaired) electrons. The van der Waals surface area contributed by atoms with E-state index in [1.165, 1.54) is 6.42 Å². The van der Waals surface area contributed by atoms with E-state index in [2.05, 4.69) is 18.2 Å². The van der Waals surface area contributed by atoms with E-state index < -0.39 is 5.79 Å². The average molecular weight is 234 g/mol. The van der Waals surface area contributed by atoms with Crippen molar-refractivity contribution < 1.29 is 14.3 Å². The summed E-state index contributed by atoms with van der Waals surface area (Å²) in [6.07, 6.45) is 10.6. The number of ether oxygens (including phenoxy) is 2. The van der Waals surface area contributed by atoms with Gasteiger partial charge in [0.2, 0.25) is 11.6 Å². The summed E-state index contributed by atoms with van der Waals surface area (Å²) < 4.78 is 11.0. The van der Waals surface area contributed by atoms with Gasteiger partial charge in [0.25, 0.3) is 0 Å². The Morgan fingerprint density at radius 2 is 1.76 bits per heavy atom. The zero-order chi connectivity index (χ0) is 12.0. The van der Waals surface area contributed by atoms with Crippen LogP contribution in [0.5, 0.6) is 0 Å². The minimum Gasteiger partial charge on any atom is -0.346 e. The lowest BCUT2D eigenvalue weighted by Gasteiger charge is -2.52. The number of hydrogen-bond acceptors (Lipinski definition) is 3. The van der Waals surface area contributed by atoms with Gasteiger partial charge in [-0.2, -0.15) is 0 Å². The molecule has 1 fully saturated rings. The van der Waals surface area contributed by atoms with Gasteiger partial charge in [0.1, 0.15) is 0 Å². The highest BCUT2D eigenvalue weighted by Gasteiger charge is 2.57. The minimum absolute atomic E-state index is 0.0512. The van der Waals surface area contributed by atoms with Gasteiger partial charge in [0.15, 0.2) is 0 Å². The minimum atomic E-state index is -1.06. The molecule has 0 unspecified atom stereocenters. The Hall–Kier alpha value is -0.930. The molecule has 0 amide bonds. The first kappa shape index (κ1) is 11.2. The van der Waals surface area contributed by atoms with Crippen molar-refractivity contribution in [1.29, 1.82) is 0 Å². The van der Waals surface area contributed by atoms with Crippen LogP contribution in [0.3, 0.4) is 0 Å². The van der Waals surface area contributed by atoms with Crippen molar-refractivity contribution in [2.75, 3.05) is 14.2 Å². The molecular formula is C14H18O3. The summed E-state index contributed by atoms with van der Waals surface area (Å²) in [5.74, 6) is 0.352. The molecule has 0 saturated heterocycles. The summed E-state index contributed by atoms with van der Waals surface area (Å²) in [4.78, 5) is 12.1. The van der Waals surface area contributed by atoms with Crippen molar-refractivity contribution in [3.8, 4) is 0 Å². The van der Waals surface area contributed by atoms with Crippen molar-refractivity contribution in [2.45, 2.75) is 18.6 Å². The number of carbonyl (C=O) groups is 1. The van der Waals surface area contributed by atoms with Gasteiger partial charge in [-0.1, -0.05) is 18.2 Å². The van der Waals surface area contributed by atoms with Gasteiger partial charge in [-0.25, -0.2) is 0 Å². The van der Waals surface area contributed by atoms with Crippen molar-refractivity contribution in [3.05, 3.63) is 24.3 Å². The number of hydrogen-bond donors (Lipinski definition) is 0. The average Bonchev–Trinajstić information content (AvgIpc) is 2.40. The number of rotatable bonds is 2. The van der Waals surface area contributed by atoms with E-state index in [1.54, 1.807) is 20.3 Å². The van der Waals surface area contributed by atoms with Crippen LogP contribution in [-0.2, 0) is 14.3 Å². The van der Waals surface area contributed by atoms with Crippen LogP contribution in [0.1, 0.15) is 12.8 Å². The van der Waals surface area contributed by atoms with E-state index in [4.69, 9.17) is 9.47 Å². The Balaban J connectivity index is 2.08. The highest BCUT2D eigenvalue weighted by molar-refractivity contribution is 5.97. The topological polar surface area (TPSA) is 35.5 Å². The maximum absolute atomic E-state index is 12.1.